The van der Waals surface area contributed by atoms with Gasteiger partial charge in [0.15, 0.2) is 0 Å². The maximum absolute atomic E-state index is 6.67. The van der Waals surface area contributed by atoms with Crippen molar-refractivity contribution in [1.82, 2.24) is 4.57 Å². The van der Waals surface area contributed by atoms with E-state index >= 15 is 0 Å². The van der Waals surface area contributed by atoms with Crippen molar-refractivity contribution in [2.24, 2.45) is 0 Å². The summed E-state index contributed by atoms with van der Waals surface area (Å²) in [5.74, 6) is 1.000. The smallest absolute Gasteiger partial charge is 0.140 e. The number of hydrogen-bond acceptors (Lipinski definition) is 1. The summed E-state index contributed by atoms with van der Waals surface area (Å²) in [6.07, 6.45) is 0. The van der Waals surface area contributed by atoms with Crippen LogP contribution >= 0.6 is 0 Å². The molecule has 2 aromatic heterocycles. The summed E-state index contributed by atoms with van der Waals surface area (Å²) < 4.78 is 9.09. The van der Waals surface area contributed by atoms with Crippen molar-refractivity contribution in [3.63, 3.8) is 0 Å². The molecule has 0 fully saturated rings. The average Bonchev–Trinajstić information content (AvgIpc) is 3.74. The third-order valence-corrected chi connectivity index (χ3v) is 9.39. The molecule has 1 unspecified atom stereocenters. The first-order valence-electron chi connectivity index (χ1n) is 14.2. The van der Waals surface area contributed by atoms with Gasteiger partial charge in [0.25, 0.3) is 0 Å². The Morgan fingerprint density at radius 3 is 1.95 bits per heavy atom. The molecule has 2 aliphatic carbocycles. The zero-order valence-electron chi connectivity index (χ0n) is 22.1. The highest BCUT2D eigenvalue weighted by atomic mass is 16.3. The molecule has 0 bridgehead atoms. The molecule has 0 amide bonds. The standard InChI is InChI=1S/C39H23NO/c1-5-19-32-26(13-1)29-17-10-18-31-36(29)39(32,37-30-16-4-8-22-35(30)41-38(31)37)24-11-9-12-25(23-24)40-33-20-6-2-14-27(33)28-15-3-7-21-34(28)40/h1-23H. The monoisotopic (exact) mass is 521 g/mol. The summed E-state index contributed by atoms with van der Waals surface area (Å²) in [7, 11) is 0. The molecule has 0 saturated heterocycles. The molecule has 190 valence electrons. The van der Waals surface area contributed by atoms with E-state index in [1.807, 2.05) is 0 Å². The second-order valence-corrected chi connectivity index (χ2v) is 11.2. The molecular weight excluding hydrogens is 498 g/mol. The van der Waals surface area contributed by atoms with E-state index < -0.39 is 5.41 Å². The summed E-state index contributed by atoms with van der Waals surface area (Å²) in [5, 5.41) is 3.73. The van der Waals surface area contributed by atoms with Gasteiger partial charge in [-0.2, -0.15) is 0 Å². The van der Waals surface area contributed by atoms with E-state index in [0.717, 1.165) is 11.3 Å². The van der Waals surface area contributed by atoms with Gasteiger partial charge < -0.3 is 8.98 Å². The van der Waals surface area contributed by atoms with Gasteiger partial charge in [-0.25, -0.2) is 0 Å². The Balaban J connectivity index is 1.36. The molecule has 8 aromatic rings. The first kappa shape index (κ1) is 21.5. The Bertz CT molecular complexity index is 2330. The highest BCUT2D eigenvalue weighted by Crippen LogP contribution is 2.66. The number of nitrogens with zero attached hydrogens (tertiary/aromatic N) is 1. The molecule has 1 atom stereocenters. The molecule has 2 nitrogen and oxygen atoms in total. The van der Waals surface area contributed by atoms with Crippen LogP contribution < -0.4 is 0 Å². The van der Waals surface area contributed by atoms with Crippen LogP contribution in [0, 0.1) is 0 Å². The van der Waals surface area contributed by atoms with Gasteiger partial charge in [-0.1, -0.05) is 109 Å². The molecule has 6 aromatic carbocycles. The van der Waals surface area contributed by atoms with Crippen LogP contribution in [-0.4, -0.2) is 4.57 Å². The van der Waals surface area contributed by atoms with Crippen molar-refractivity contribution < 1.29 is 4.42 Å². The molecule has 0 aliphatic heterocycles. The van der Waals surface area contributed by atoms with Gasteiger partial charge >= 0.3 is 0 Å². The van der Waals surface area contributed by atoms with Gasteiger partial charge in [-0.3, -0.25) is 0 Å². The van der Waals surface area contributed by atoms with Gasteiger partial charge in [0.05, 0.1) is 16.4 Å². The van der Waals surface area contributed by atoms with Crippen LogP contribution in [-0.2, 0) is 5.41 Å². The molecular formula is C39H23NO. The van der Waals surface area contributed by atoms with E-state index in [1.54, 1.807) is 0 Å². The van der Waals surface area contributed by atoms with Gasteiger partial charge in [0, 0.05) is 33.0 Å². The number of hydrogen-bond donors (Lipinski definition) is 0. The lowest BCUT2D eigenvalue weighted by atomic mass is 9.70. The van der Waals surface area contributed by atoms with Gasteiger partial charge in [-0.15, -0.1) is 0 Å². The summed E-state index contributed by atoms with van der Waals surface area (Å²) >= 11 is 0. The zero-order chi connectivity index (χ0) is 26.7. The maximum atomic E-state index is 6.67. The molecule has 0 radical (unpaired) electrons. The fourth-order valence-corrected chi connectivity index (χ4v) is 7.94. The molecule has 2 heterocycles. The summed E-state index contributed by atoms with van der Waals surface area (Å²) in [4.78, 5) is 0. The summed E-state index contributed by atoms with van der Waals surface area (Å²) in [6, 6.07) is 50.8. The largest absolute Gasteiger partial charge is 0.456 e. The fourth-order valence-electron chi connectivity index (χ4n) is 7.94. The second kappa shape index (κ2) is 7.44. The average molecular weight is 522 g/mol. The Morgan fingerprint density at radius 2 is 1.12 bits per heavy atom. The lowest BCUT2D eigenvalue weighted by molar-refractivity contribution is 0.628. The van der Waals surface area contributed by atoms with E-state index in [4.69, 9.17) is 4.42 Å². The van der Waals surface area contributed by atoms with E-state index in [1.165, 1.54) is 71.8 Å². The molecule has 2 heteroatoms. The molecule has 0 saturated carbocycles. The summed E-state index contributed by atoms with van der Waals surface area (Å²) in [6.45, 7) is 0. The maximum Gasteiger partial charge on any atom is 0.140 e. The highest BCUT2D eigenvalue weighted by Gasteiger charge is 2.55. The number of aromatic nitrogens is 1. The van der Waals surface area contributed by atoms with Crippen LogP contribution in [0.5, 0.6) is 0 Å². The SMILES string of the molecule is c1cc(-n2c3ccccc3c3ccccc32)cc(C23c4ccccc4-c4cccc(c42)-c2oc4ccccc4c23)c1. The zero-order valence-corrected chi connectivity index (χ0v) is 22.1. The second-order valence-electron chi connectivity index (χ2n) is 11.2. The minimum absolute atomic E-state index is 0.459. The topological polar surface area (TPSA) is 18.1 Å². The Hall–Kier alpha value is -5.34. The van der Waals surface area contributed by atoms with E-state index in [-0.39, 0.29) is 0 Å². The van der Waals surface area contributed by atoms with Crippen molar-refractivity contribution in [2.45, 2.75) is 5.41 Å². The van der Waals surface area contributed by atoms with Gasteiger partial charge in [0.2, 0.25) is 0 Å². The van der Waals surface area contributed by atoms with Crippen LogP contribution in [0.2, 0.25) is 0 Å². The quantitative estimate of drug-likeness (QED) is 0.221. The predicted molar refractivity (Wildman–Crippen MR) is 167 cm³/mol. The predicted octanol–water partition coefficient (Wildman–Crippen LogP) is 9.87. The van der Waals surface area contributed by atoms with Gasteiger partial charge in [0.1, 0.15) is 11.3 Å². The molecule has 10 rings (SSSR count). The number of benzene rings is 6. The number of para-hydroxylation sites is 3. The van der Waals surface area contributed by atoms with Crippen LogP contribution in [0.15, 0.2) is 144 Å². The van der Waals surface area contributed by atoms with Crippen LogP contribution in [0.3, 0.4) is 0 Å². The highest BCUT2D eigenvalue weighted by molar-refractivity contribution is 6.09. The van der Waals surface area contributed by atoms with E-state index in [0.29, 0.717) is 0 Å². The third-order valence-electron chi connectivity index (χ3n) is 9.39. The van der Waals surface area contributed by atoms with Crippen molar-refractivity contribution in [1.29, 1.82) is 0 Å². The van der Waals surface area contributed by atoms with Crippen LogP contribution in [0.4, 0.5) is 0 Å². The first-order chi connectivity index (χ1) is 20.4. The molecule has 0 N–H and O–H groups in total. The van der Waals surface area contributed by atoms with Crippen LogP contribution in [0.1, 0.15) is 22.3 Å². The Labute approximate surface area is 236 Å². The molecule has 2 aliphatic rings. The lowest BCUT2D eigenvalue weighted by Crippen LogP contribution is -2.26. The minimum atomic E-state index is -0.459. The third kappa shape index (κ3) is 2.46. The number of fused-ring (bicyclic) bond motifs is 11. The van der Waals surface area contributed by atoms with Crippen molar-refractivity contribution in [3.8, 4) is 28.1 Å². The van der Waals surface area contributed by atoms with E-state index in [2.05, 4.69) is 144 Å². The van der Waals surface area contributed by atoms with Crippen LogP contribution in [0.25, 0.3) is 60.9 Å². The Morgan fingerprint density at radius 1 is 0.488 bits per heavy atom. The molecule has 0 spiro atoms. The minimum Gasteiger partial charge on any atom is -0.456 e. The van der Waals surface area contributed by atoms with Crippen molar-refractivity contribution >= 4 is 32.8 Å². The first-order valence-corrected chi connectivity index (χ1v) is 14.2. The normalized spacial score (nSPS) is 16.4. The summed E-state index contributed by atoms with van der Waals surface area (Å²) in [5.41, 5.74) is 13.1. The fraction of sp³-hybridized carbons (Fsp3) is 0.0256. The van der Waals surface area contributed by atoms with Crippen molar-refractivity contribution in [2.75, 3.05) is 0 Å². The number of furan rings is 1. The molecule has 41 heavy (non-hydrogen) atoms. The Kier molecular flexibility index (Phi) is 3.90. The lowest BCUT2D eigenvalue weighted by Gasteiger charge is -2.30. The number of rotatable bonds is 2. The van der Waals surface area contributed by atoms with Gasteiger partial charge in [-0.05, 0) is 58.1 Å². The van der Waals surface area contributed by atoms with E-state index in [9.17, 15) is 0 Å². The van der Waals surface area contributed by atoms with Crippen molar-refractivity contribution in [3.05, 3.63) is 162 Å².